The number of carbonyl (C=O) groups is 1. The van der Waals surface area contributed by atoms with Crippen LogP contribution in [-0.4, -0.2) is 74.3 Å². The van der Waals surface area contributed by atoms with Crippen molar-refractivity contribution < 1.29 is 17.9 Å². The highest BCUT2D eigenvalue weighted by molar-refractivity contribution is 7.89. The number of piperidine rings is 1. The molecule has 2 saturated heterocycles. The summed E-state index contributed by atoms with van der Waals surface area (Å²) in [5.41, 5.74) is 3.44. The van der Waals surface area contributed by atoms with E-state index in [1.165, 1.54) is 11.1 Å². The van der Waals surface area contributed by atoms with Gasteiger partial charge in [0.2, 0.25) is 15.9 Å². The summed E-state index contributed by atoms with van der Waals surface area (Å²) >= 11 is 0. The van der Waals surface area contributed by atoms with E-state index < -0.39 is 10.0 Å². The van der Waals surface area contributed by atoms with Gasteiger partial charge in [0, 0.05) is 52.2 Å². The summed E-state index contributed by atoms with van der Waals surface area (Å²) in [7, 11) is -3.44. The topological polar surface area (TPSA) is 70.2 Å². The van der Waals surface area contributed by atoms with E-state index in [9.17, 15) is 13.2 Å². The molecule has 0 N–H and O–H groups in total. The third-order valence-electron chi connectivity index (χ3n) is 7.12. The maximum absolute atomic E-state index is 12.9. The highest BCUT2D eigenvalue weighted by atomic mass is 32.2. The van der Waals surface area contributed by atoms with Gasteiger partial charge in [-0.3, -0.25) is 9.69 Å². The van der Waals surface area contributed by atoms with Crippen molar-refractivity contribution in [1.29, 1.82) is 0 Å². The first-order chi connectivity index (χ1) is 16.5. The zero-order valence-corrected chi connectivity index (χ0v) is 20.4. The number of fused-ring (bicyclic) bond motifs is 1. The largest absolute Gasteiger partial charge is 0.493 e. The molecule has 182 valence electrons. The lowest BCUT2D eigenvalue weighted by Crippen LogP contribution is -2.48. The van der Waals surface area contributed by atoms with E-state index in [0.29, 0.717) is 37.5 Å². The second kappa shape index (κ2) is 10.1. The molecule has 0 radical (unpaired) electrons. The first-order valence-electron chi connectivity index (χ1n) is 12.3. The maximum Gasteiger partial charge on any atom is 0.243 e. The lowest BCUT2D eigenvalue weighted by atomic mass is 10.1. The van der Waals surface area contributed by atoms with Crippen LogP contribution in [0.25, 0.3) is 0 Å². The fourth-order valence-corrected chi connectivity index (χ4v) is 6.59. The predicted octanol–water partition coefficient (Wildman–Crippen LogP) is 2.68. The van der Waals surface area contributed by atoms with Crippen molar-refractivity contribution in [3.8, 4) is 5.75 Å². The fraction of sp³-hybridized carbons (Fsp3) is 0.500. The van der Waals surface area contributed by atoms with Gasteiger partial charge in [0.15, 0.2) is 0 Å². The van der Waals surface area contributed by atoms with Gasteiger partial charge in [-0.15, -0.1) is 0 Å². The number of rotatable bonds is 6. The monoisotopic (exact) mass is 483 g/mol. The SMILES string of the molecule is O=C(Cc1ccc(S(=O)(=O)N2CCCCC2)cc1)N1CCN(Cc2ccc3c(c2)CCO3)CC1. The molecule has 0 aliphatic carbocycles. The Morgan fingerprint density at radius 2 is 1.56 bits per heavy atom. The number of amides is 1. The molecule has 2 fully saturated rings. The third kappa shape index (κ3) is 5.14. The molecule has 5 rings (SSSR count). The highest BCUT2D eigenvalue weighted by Crippen LogP contribution is 2.26. The molecule has 0 atom stereocenters. The molecule has 3 aliphatic rings. The van der Waals surface area contributed by atoms with Gasteiger partial charge < -0.3 is 9.64 Å². The molecule has 2 aromatic carbocycles. The van der Waals surface area contributed by atoms with Crippen LogP contribution in [0.5, 0.6) is 5.75 Å². The molecule has 3 heterocycles. The van der Waals surface area contributed by atoms with Crippen molar-refractivity contribution in [2.75, 3.05) is 45.9 Å². The van der Waals surface area contributed by atoms with Crippen molar-refractivity contribution in [1.82, 2.24) is 14.1 Å². The van der Waals surface area contributed by atoms with Gasteiger partial charge in [0.05, 0.1) is 17.9 Å². The van der Waals surface area contributed by atoms with E-state index >= 15 is 0 Å². The highest BCUT2D eigenvalue weighted by Gasteiger charge is 2.26. The van der Waals surface area contributed by atoms with E-state index in [0.717, 1.165) is 63.2 Å². The minimum atomic E-state index is -3.44. The normalized spacial score (nSPS) is 19.6. The van der Waals surface area contributed by atoms with Crippen LogP contribution in [0.4, 0.5) is 0 Å². The zero-order chi connectivity index (χ0) is 23.5. The molecule has 2 aromatic rings. The van der Waals surface area contributed by atoms with Crippen molar-refractivity contribution in [2.45, 2.75) is 43.5 Å². The van der Waals surface area contributed by atoms with Crippen LogP contribution in [0.1, 0.15) is 36.0 Å². The molecular weight excluding hydrogens is 450 g/mol. The van der Waals surface area contributed by atoms with Crippen LogP contribution in [0.3, 0.4) is 0 Å². The molecule has 3 aliphatic heterocycles. The van der Waals surface area contributed by atoms with Crippen LogP contribution in [0.15, 0.2) is 47.4 Å². The Morgan fingerprint density at radius 3 is 2.29 bits per heavy atom. The summed E-state index contributed by atoms with van der Waals surface area (Å²) in [4.78, 5) is 17.5. The van der Waals surface area contributed by atoms with Gasteiger partial charge in [-0.25, -0.2) is 8.42 Å². The molecule has 0 unspecified atom stereocenters. The quantitative estimate of drug-likeness (QED) is 0.632. The van der Waals surface area contributed by atoms with Crippen molar-refractivity contribution in [3.63, 3.8) is 0 Å². The molecule has 0 aromatic heterocycles. The molecule has 0 spiro atoms. The van der Waals surface area contributed by atoms with Crippen LogP contribution >= 0.6 is 0 Å². The number of hydrogen-bond donors (Lipinski definition) is 0. The number of hydrogen-bond acceptors (Lipinski definition) is 5. The molecule has 1 amide bonds. The summed E-state index contributed by atoms with van der Waals surface area (Å²) in [5.74, 6) is 1.11. The standard InChI is InChI=1S/C26H33N3O4S/c30-26(19-21-4-7-24(8-5-21)34(31,32)29-11-2-1-3-12-29)28-15-13-27(14-16-28)20-22-6-9-25-23(18-22)10-17-33-25/h4-9,18H,1-3,10-17,19-20H2. The molecule has 7 nitrogen and oxygen atoms in total. The number of benzene rings is 2. The predicted molar refractivity (Wildman–Crippen MR) is 130 cm³/mol. The summed E-state index contributed by atoms with van der Waals surface area (Å²) in [6, 6.07) is 13.3. The minimum Gasteiger partial charge on any atom is -0.493 e. The van der Waals surface area contributed by atoms with Crippen LogP contribution in [-0.2, 0) is 34.2 Å². The number of piperazine rings is 1. The average Bonchev–Trinajstić information content (AvgIpc) is 3.33. The minimum absolute atomic E-state index is 0.0981. The lowest BCUT2D eigenvalue weighted by Gasteiger charge is -2.35. The third-order valence-corrected chi connectivity index (χ3v) is 9.03. The van der Waals surface area contributed by atoms with Crippen molar-refractivity contribution >= 4 is 15.9 Å². The van der Waals surface area contributed by atoms with E-state index in [1.54, 1.807) is 28.6 Å². The lowest BCUT2D eigenvalue weighted by molar-refractivity contribution is -0.132. The number of sulfonamides is 1. The molecule has 8 heteroatoms. The zero-order valence-electron chi connectivity index (χ0n) is 19.6. The Kier molecular flexibility index (Phi) is 6.90. The van der Waals surface area contributed by atoms with Crippen LogP contribution in [0, 0.1) is 0 Å². The molecule has 0 saturated carbocycles. The number of ether oxygens (including phenoxy) is 1. The summed E-state index contributed by atoms with van der Waals surface area (Å²) in [6.45, 7) is 5.99. The van der Waals surface area contributed by atoms with Crippen molar-refractivity contribution in [3.05, 3.63) is 59.2 Å². The summed E-state index contributed by atoms with van der Waals surface area (Å²) < 4.78 is 32.8. The van der Waals surface area contributed by atoms with Crippen LogP contribution < -0.4 is 4.74 Å². The van der Waals surface area contributed by atoms with Gasteiger partial charge in [0.1, 0.15) is 5.75 Å². The molecule has 0 bridgehead atoms. The van der Waals surface area contributed by atoms with E-state index in [4.69, 9.17) is 4.74 Å². The molecule has 34 heavy (non-hydrogen) atoms. The summed E-state index contributed by atoms with van der Waals surface area (Å²) in [6.07, 6.45) is 4.21. The smallest absolute Gasteiger partial charge is 0.243 e. The maximum atomic E-state index is 12.9. The number of nitrogens with zero attached hydrogens (tertiary/aromatic N) is 3. The average molecular weight is 484 g/mol. The number of carbonyl (C=O) groups excluding carboxylic acids is 1. The Bertz CT molecular complexity index is 1120. The Morgan fingerprint density at radius 1 is 0.853 bits per heavy atom. The van der Waals surface area contributed by atoms with Gasteiger partial charge in [-0.2, -0.15) is 4.31 Å². The van der Waals surface area contributed by atoms with E-state index in [1.807, 2.05) is 4.90 Å². The van der Waals surface area contributed by atoms with Gasteiger partial charge in [-0.1, -0.05) is 30.7 Å². The van der Waals surface area contributed by atoms with Crippen molar-refractivity contribution in [2.24, 2.45) is 0 Å². The van der Waals surface area contributed by atoms with Gasteiger partial charge in [-0.05, 0) is 47.7 Å². The second-order valence-corrected chi connectivity index (χ2v) is 11.4. The van der Waals surface area contributed by atoms with Gasteiger partial charge >= 0.3 is 0 Å². The Labute approximate surface area is 202 Å². The summed E-state index contributed by atoms with van der Waals surface area (Å²) in [5, 5.41) is 0. The Balaban J connectivity index is 1.12. The first kappa shape index (κ1) is 23.3. The second-order valence-electron chi connectivity index (χ2n) is 9.48. The molecular formula is C26H33N3O4S. The van der Waals surface area contributed by atoms with Crippen LogP contribution in [0.2, 0.25) is 0 Å². The van der Waals surface area contributed by atoms with E-state index in [-0.39, 0.29) is 5.91 Å². The van der Waals surface area contributed by atoms with Gasteiger partial charge in [0.25, 0.3) is 0 Å². The Hall–Kier alpha value is -2.42. The van der Waals surface area contributed by atoms with E-state index in [2.05, 4.69) is 23.1 Å². The first-order valence-corrected chi connectivity index (χ1v) is 13.8. The fourth-order valence-electron chi connectivity index (χ4n) is 5.07.